The van der Waals surface area contributed by atoms with E-state index in [1.807, 2.05) is 17.0 Å². The summed E-state index contributed by atoms with van der Waals surface area (Å²) in [6.45, 7) is 4.22. The van der Waals surface area contributed by atoms with Crippen LogP contribution in [-0.2, 0) is 11.3 Å². The minimum Gasteiger partial charge on any atom is -0.336 e. The predicted octanol–water partition coefficient (Wildman–Crippen LogP) is 2.19. The summed E-state index contributed by atoms with van der Waals surface area (Å²) in [7, 11) is 0. The fourth-order valence-electron chi connectivity index (χ4n) is 3.36. The third-order valence-corrected chi connectivity index (χ3v) is 4.52. The third-order valence-electron chi connectivity index (χ3n) is 4.52. The largest absolute Gasteiger partial charge is 0.336 e. The summed E-state index contributed by atoms with van der Waals surface area (Å²) in [4.78, 5) is 31.3. The van der Waals surface area contributed by atoms with Crippen LogP contribution < -0.4 is 5.56 Å². The number of rotatable bonds is 2. The average molecular weight is 299 g/mol. The van der Waals surface area contributed by atoms with Crippen LogP contribution in [0.5, 0.6) is 0 Å². The van der Waals surface area contributed by atoms with Crippen LogP contribution in [-0.4, -0.2) is 32.4 Å². The van der Waals surface area contributed by atoms with E-state index >= 15 is 0 Å². The molecule has 116 valence electrons. The second kappa shape index (κ2) is 5.91. The van der Waals surface area contributed by atoms with Crippen molar-refractivity contribution in [1.82, 2.24) is 14.5 Å². The van der Waals surface area contributed by atoms with Crippen LogP contribution in [0.1, 0.15) is 33.1 Å². The van der Waals surface area contributed by atoms with Gasteiger partial charge in [0.25, 0.3) is 5.56 Å². The zero-order valence-electron chi connectivity index (χ0n) is 13.0. The lowest BCUT2D eigenvalue weighted by Gasteiger charge is -2.39. The summed E-state index contributed by atoms with van der Waals surface area (Å²) in [5.74, 6) is -0.00104. The van der Waals surface area contributed by atoms with Crippen LogP contribution in [0.15, 0.2) is 35.4 Å². The molecule has 2 heterocycles. The van der Waals surface area contributed by atoms with E-state index in [4.69, 9.17) is 0 Å². The van der Waals surface area contributed by atoms with Crippen molar-refractivity contribution in [2.45, 2.75) is 51.7 Å². The fraction of sp³-hybridized carbons (Fsp3) is 0.471. The molecule has 5 heteroatoms. The number of carbonyl (C=O) groups excluding carboxylic acids is 1. The first-order valence-electron chi connectivity index (χ1n) is 7.83. The van der Waals surface area contributed by atoms with Crippen molar-refractivity contribution < 1.29 is 4.79 Å². The molecule has 0 saturated carbocycles. The van der Waals surface area contributed by atoms with Crippen molar-refractivity contribution >= 4 is 16.8 Å². The van der Waals surface area contributed by atoms with Gasteiger partial charge in [0.1, 0.15) is 6.54 Å². The van der Waals surface area contributed by atoms with Gasteiger partial charge in [-0.05, 0) is 45.2 Å². The highest BCUT2D eigenvalue weighted by Crippen LogP contribution is 2.22. The molecule has 22 heavy (non-hydrogen) atoms. The quantitative estimate of drug-likeness (QED) is 0.854. The van der Waals surface area contributed by atoms with Crippen LogP contribution in [0.3, 0.4) is 0 Å². The highest BCUT2D eigenvalue weighted by molar-refractivity contribution is 5.79. The first-order valence-corrected chi connectivity index (χ1v) is 7.83. The van der Waals surface area contributed by atoms with Crippen molar-refractivity contribution in [3.8, 4) is 0 Å². The Morgan fingerprint density at radius 1 is 1.23 bits per heavy atom. The van der Waals surface area contributed by atoms with Gasteiger partial charge in [-0.3, -0.25) is 14.2 Å². The molecule has 3 rings (SSSR count). The zero-order chi connectivity index (χ0) is 15.7. The smallest absolute Gasteiger partial charge is 0.261 e. The maximum absolute atomic E-state index is 12.6. The van der Waals surface area contributed by atoms with Crippen LogP contribution in [0.25, 0.3) is 10.9 Å². The molecule has 0 N–H and O–H groups in total. The molecule has 2 atom stereocenters. The van der Waals surface area contributed by atoms with E-state index in [0.717, 1.165) is 19.3 Å². The molecule has 0 unspecified atom stereocenters. The maximum Gasteiger partial charge on any atom is 0.261 e. The number of piperidine rings is 1. The van der Waals surface area contributed by atoms with E-state index in [-0.39, 0.29) is 30.1 Å². The molecular formula is C17H21N3O2. The van der Waals surface area contributed by atoms with Gasteiger partial charge in [0.05, 0.1) is 17.2 Å². The number of fused-ring (bicyclic) bond motifs is 1. The summed E-state index contributed by atoms with van der Waals surface area (Å²) in [5.41, 5.74) is 0.507. The number of hydrogen-bond acceptors (Lipinski definition) is 3. The lowest BCUT2D eigenvalue weighted by atomic mass is 9.97. The van der Waals surface area contributed by atoms with E-state index < -0.39 is 0 Å². The minimum absolute atomic E-state index is 0.00104. The van der Waals surface area contributed by atoms with Crippen LogP contribution >= 0.6 is 0 Å². The number of carbonyl (C=O) groups is 1. The second-order valence-electron chi connectivity index (χ2n) is 6.12. The third kappa shape index (κ3) is 2.63. The summed E-state index contributed by atoms with van der Waals surface area (Å²) in [5, 5.41) is 0.553. The number of nitrogens with zero attached hydrogens (tertiary/aromatic N) is 3. The van der Waals surface area contributed by atoms with Crippen LogP contribution in [0.2, 0.25) is 0 Å². The number of hydrogen-bond donors (Lipinski definition) is 0. The van der Waals surface area contributed by atoms with Gasteiger partial charge in [0.15, 0.2) is 0 Å². The lowest BCUT2D eigenvalue weighted by molar-refractivity contribution is -0.138. The second-order valence-corrected chi connectivity index (χ2v) is 6.12. The maximum atomic E-state index is 12.6. The monoisotopic (exact) mass is 299 g/mol. The van der Waals surface area contributed by atoms with Gasteiger partial charge < -0.3 is 4.90 Å². The van der Waals surface area contributed by atoms with Gasteiger partial charge in [-0.25, -0.2) is 4.98 Å². The number of benzene rings is 1. The highest BCUT2D eigenvalue weighted by atomic mass is 16.2. The Hall–Kier alpha value is -2.17. The van der Waals surface area contributed by atoms with Crippen molar-refractivity contribution in [2.24, 2.45) is 0 Å². The van der Waals surface area contributed by atoms with E-state index in [0.29, 0.717) is 10.9 Å². The van der Waals surface area contributed by atoms with Gasteiger partial charge in [-0.2, -0.15) is 0 Å². The molecule has 2 aromatic rings. The SMILES string of the molecule is C[C@@H]1CCC[C@@H](C)N1C(=O)Cn1cnc2ccccc2c1=O. The Balaban J connectivity index is 1.88. The van der Waals surface area contributed by atoms with Gasteiger partial charge >= 0.3 is 0 Å². The van der Waals surface area contributed by atoms with Crippen molar-refractivity contribution in [2.75, 3.05) is 0 Å². The van der Waals surface area contributed by atoms with Crippen molar-refractivity contribution in [1.29, 1.82) is 0 Å². The molecule has 5 nitrogen and oxygen atoms in total. The number of amides is 1. The fourth-order valence-corrected chi connectivity index (χ4v) is 3.36. The summed E-state index contributed by atoms with van der Waals surface area (Å²) >= 11 is 0. The summed E-state index contributed by atoms with van der Waals surface area (Å²) < 4.78 is 1.42. The Morgan fingerprint density at radius 2 is 1.91 bits per heavy atom. The molecule has 0 bridgehead atoms. The van der Waals surface area contributed by atoms with Gasteiger partial charge in [0.2, 0.25) is 5.91 Å². The normalized spacial score (nSPS) is 22.0. The lowest BCUT2D eigenvalue weighted by Crippen LogP contribution is -2.49. The molecule has 1 aromatic carbocycles. The van der Waals surface area contributed by atoms with E-state index in [9.17, 15) is 9.59 Å². The topological polar surface area (TPSA) is 55.2 Å². The molecule has 0 radical (unpaired) electrons. The summed E-state index contributed by atoms with van der Waals surface area (Å²) in [6, 6.07) is 7.68. The molecule has 1 aliphatic rings. The summed E-state index contributed by atoms with van der Waals surface area (Å²) in [6.07, 6.45) is 4.69. The van der Waals surface area contributed by atoms with Crippen molar-refractivity contribution in [3.05, 3.63) is 40.9 Å². The predicted molar refractivity (Wildman–Crippen MR) is 85.6 cm³/mol. The van der Waals surface area contributed by atoms with Crippen LogP contribution in [0, 0.1) is 0 Å². The molecule has 1 fully saturated rings. The number of likely N-dealkylation sites (tertiary alicyclic amines) is 1. The van der Waals surface area contributed by atoms with Crippen molar-refractivity contribution in [3.63, 3.8) is 0 Å². The minimum atomic E-state index is -0.156. The Bertz CT molecular complexity index is 743. The molecule has 1 amide bonds. The first-order chi connectivity index (χ1) is 10.6. The molecule has 1 saturated heterocycles. The van der Waals surface area contributed by atoms with Crippen LogP contribution in [0.4, 0.5) is 0 Å². The molecule has 0 spiro atoms. The van der Waals surface area contributed by atoms with E-state index in [2.05, 4.69) is 18.8 Å². The van der Waals surface area contributed by atoms with Gasteiger partial charge in [-0.1, -0.05) is 12.1 Å². The molecule has 1 aromatic heterocycles. The molecular weight excluding hydrogens is 278 g/mol. The Morgan fingerprint density at radius 3 is 2.64 bits per heavy atom. The van der Waals surface area contributed by atoms with E-state index in [1.165, 1.54) is 10.9 Å². The van der Waals surface area contributed by atoms with E-state index in [1.54, 1.807) is 12.1 Å². The molecule has 0 aliphatic carbocycles. The zero-order valence-corrected chi connectivity index (χ0v) is 13.0. The number of aromatic nitrogens is 2. The average Bonchev–Trinajstić information content (AvgIpc) is 2.50. The molecule has 1 aliphatic heterocycles. The number of para-hydroxylation sites is 1. The Labute approximate surface area is 129 Å². The standard InChI is InChI=1S/C17H21N3O2/c1-12-6-5-7-13(2)20(12)16(21)10-19-11-18-15-9-4-3-8-14(15)17(19)22/h3-4,8-9,11-13H,5-7,10H2,1-2H3/t12-,13-/m1/s1. The Kier molecular flexibility index (Phi) is 3.96. The van der Waals surface area contributed by atoms with Gasteiger partial charge in [-0.15, -0.1) is 0 Å². The van der Waals surface area contributed by atoms with Gasteiger partial charge in [0, 0.05) is 12.1 Å². The first kappa shape index (κ1) is 14.8. The highest BCUT2D eigenvalue weighted by Gasteiger charge is 2.29.